The number of hydrogen-bond acceptors (Lipinski definition) is 2. The van der Waals surface area contributed by atoms with Gasteiger partial charge < -0.3 is 5.32 Å². The van der Waals surface area contributed by atoms with Crippen molar-refractivity contribution in [1.82, 2.24) is 10.2 Å². The van der Waals surface area contributed by atoms with E-state index in [0.29, 0.717) is 5.82 Å². The molecule has 0 aliphatic heterocycles. The number of aromatic nitrogens is 2. The summed E-state index contributed by atoms with van der Waals surface area (Å²) >= 11 is 5.86. The van der Waals surface area contributed by atoms with Gasteiger partial charge in [-0.05, 0) is 18.6 Å². The fraction of sp³-hybridized carbons (Fsp3) is 0.231. The van der Waals surface area contributed by atoms with Gasteiger partial charge >= 0.3 is 0 Å². The molecule has 0 saturated carbocycles. The second kappa shape index (κ2) is 5.84. The van der Waals surface area contributed by atoms with Gasteiger partial charge in [-0.2, -0.15) is 5.10 Å². The van der Waals surface area contributed by atoms with Crippen molar-refractivity contribution in [2.45, 2.75) is 19.8 Å². The average molecular weight is 282 g/mol. The summed E-state index contributed by atoms with van der Waals surface area (Å²) in [5, 5.41) is 9.55. The summed E-state index contributed by atoms with van der Waals surface area (Å²) in [5.41, 5.74) is 1.10. The Bertz CT molecular complexity index is 577. The van der Waals surface area contributed by atoms with E-state index in [2.05, 4.69) is 15.5 Å². The summed E-state index contributed by atoms with van der Waals surface area (Å²) in [6.07, 6.45) is 0.668. The normalized spacial score (nSPS) is 10.5. The fourth-order valence-electron chi connectivity index (χ4n) is 1.66. The Morgan fingerprint density at radius 3 is 2.95 bits per heavy atom. The van der Waals surface area contributed by atoms with Crippen molar-refractivity contribution in [1.29, 1.82) is 0 Å². The van der Waals surface area contributed by atoms with Gasteiger partial charge in [0.15, 0.2) is 5.82 Å². The Hall–Kier alpha value is -1.88. The number of H-pyrrole nitrogens is 1. The van der Waals surface area contributed by atoms with Gasteiger partial charge in [0, 0.05) is 22.3 Å². The van der Waals surface area contributed by atoms with Crippen LogP contribution in [0.4, 0.5) is 10.2 Å². The highest BCUT2D eigenvalue weighted by Gasteiger charge is 2.12. The van der Waals surface area contributed by atoms with Gasteiger partial charge in [0.05, 0.1) is 6.42 Å². The maximum absolute atomic E-state index is 13.5. The van der Waals surface area contributed by atoms with Crippen LogP contribution in [0.2, 0.25) is 5.02 Å². The minimum atomic E-state index is -0.487. The highest BCUT2D eigenvalue weighted by Crippen LogP contribution is 2.19. The zero-order chi connectivity index (χ0) is 13.8. The first kappa shape index (κ1) is 13.5. The Morgan fingerprint density at radius 2 is 2.32 bits per heavy atom. The van der Waals surface area contributed by atoms with E-state index in [1.54, 1.807) is 12.1 Å². The Balaban J connectivity index is 2.05. The number of rotatable bonds is 4. The van der Waals surface area contributed by atoms with Crippen LogP contribution in [-0.2, 0) is 17.6 Å². The van der Waals surface area contributed by atoms with Gasteiger partial charge in [-0.1, -0.05) is 24.6 Å². The van der Waals surface area contributed by atoms with Crippen molar-refractivity contribution < 1.29 is 9.18 Å². The minimum absolute atomic E-state index is 0.125. The highest BCUT2D eigenvalue weighted by atomic mass is 35.5. The van der Waals surface area contributed by atoms with E-state index in [0.717, 1.165) is 12.1 Å². The van der Waals surface area contributed by atoms with Gasteiger partial charge in [-0.25, -0.2) is 4.39 Å². The van der Waals surface area contributed by atoms with Crippen LogP contribution in [0, 0.1) is 5.82 Å². The molecule has 6 heteroatoms. The van der Waals surface area contributed by atoms with E-state index in [1.807, 2.05) is 6.92 Å². The van der Waals surface area contributed by atoms with E-state index < -0.39 is 5.82 Å². The lowest BCUT2D eigenvalue weighted by Gasteiger charge is -2.05. The van der Waals surface area contributed by atoms with Crippen LogP contribution in [0.5, 0.6) is 0 Å². The zero-order valence-corrected chi connectivity index (χ0v) is 11.1. The topological polar surface area (TPSA) is 57.8 Å². The number of nitrogens with one attached hydrogen (secondary N) is 2. The number of hydrogen-bond donors (Lipinski definition) is 2. The molecule has 2 aromatic rings. The lowest BCUT2D eigenvalue weighted by Crippen LogP contribution is -2.15. The molecule has 2 N–H and O–H groups in total. The van der Waals surface area contributed by atoms with E-state index in [4.69, 9.17) is 11.6 Å². The summed E-state index contributed by atoms with van der Waals surface area (Å²) in [4.78, 5) is 11.8. The van der Waals surface area contributed by atoms with E-state index in [1.165, 1.54) is 12.1 Å². The van der Waals surface area contributed by atoms with Crippen molar-refractivity contribution >= 4 is 23.3 Å². The zero-order valence-electron chi connectivity index (χ0n) is 10.3. The smallest absolute Gasteiger partial charge is 0.230 e. The van der Waals surface area contributed by atoms with Gasteiger partial charge in [-0.15, -0.1) is 0 Å². The standard InChI is InChI=1S/C13H13ClFN3O/c1-2-8-6-12(18-17-8)16-13(19)7-9-10(14)4-3-5-11(9)15/h3-6H,2,7H2,1H3,(H2,16,17,18,19). The van der Waals surface area contributed by atoms with Crippen LogP contribution in [-0.4, -0.2) is 16.1 Å². The van der Waals surface area contributed by atoms with Gasteiger partial charge in [0.25, 0.3) is 0 Å². The van der Waals surface area contributed by atoms with E-state index in [-0.39, 0.29) is 22.9 Å². The molecule has 0 aliphatic carbocycles. The Labute approximate surface area is 115 Å². The van der Waals surface area contributed by atoms with Crippen LogP contribution in [0.1, 0.15) is 18.2 Å². The van der Waals surface area contributed by atoms with Crippen molar-refractivity contribution in [3.8, 4) is 0 Å². The monoisotopic (exact) mass is 281 g/mol. The molecule has 100 valence electrons. The molecule has 0 unspecified atom stereocenters. The Morgan fingerprint density at radius 1 is 1.53 bits per heavy atom. The molecule has 2 rings (SSSR count). The molecule has 0 atom stereocenters. The first-order valence-electron chi connectivity index (χ1n) is 5.87. The SMILES string of the molecule is CCc1cc(NC(=O)Cc2c(F)cccc2Cl)n[nH]1. The number of halogens is 2. The molecule has 1 aromatic carbocycles. The van der Waals surface area contributed by atoms with Gasteiger partial charge in [0.1, 0.15) is 5.82 Å². The molecular formula is C13H13ClFN3O. The molecule has 0 bridgehead atoms. The average Bonchev–Trinajstić information content (AvgIpc) is 2.81. The summed E-state index contributed by atoms with van der Waals surface area (Å²) in [6.45, 7) is 1.97. The molecule has 0 radical (unpaired) electrons. The molecule has 4 nitrogen and oxygen atoms in total. The number of anilines is 1. The summed E-state index contributed by atoms with van der Waals surface area (Å²) < 4.78 is 13.5. The summed E-state index contributed by atoms with van der Waals surface area (Å²) in [6, 6.07) is 6.07. The third kappa shape index (κ3) is 3.32. The lowest BCUT2D eigenvalue weighted by molar-refractivity contribution is -0.115. The molecule has 0 aliphatic rings. The van der Waals surface area contributed by atoms with Crippen molar-refractivity contribution in [3.63, 3.8) is 0 Å². The molecule has 0 fully saturated rings. The predicted molar refractivity (Wildman–Crippen MR) is 71.7 cm³/mol. The number of amides is 1. The quantitative estimate of drug-likeness (QED) is 0.905. The molecule has 1 aromatic heterocycles. The maximum atomic E-state index is 13.5. The lowest BCUT2D eigenvalue weighted by atomic mass is 10.1. The van der Waals surface area contributed by atoms with Crippen LogP contribution >= 0.6 is 11.6 Å². The second-order valence-corrected chi connectivity index (χ2v) is 4.46. The van der Waals surface area contributed by atoms with Crippen LogP contribution in [0.15, 0.2) is 24.3 Å². The first-order chi connectivity index (χ1) is 9.10. The molecule has 0 saturated heterocycles. The maximum Gasteiger partial charge on any atom is 0.230 e. The summed E-state index contributed by atoms with van der Waals surface area (Å²) in [7, 11) is 0. The summed E-state index contributed by atoms with van der Waals surface area (Å²) in [5.74, 6) is -0.422. The number of carbonyl (C=O) groups excluding carboxylic acids is 1. The first-order valence-corrected chi connectivity index (χ1v) is 6.25. The molecule has 0 spiro atoms. The van der Waals surface area contributed by atoms with Crippen LogP contribution < -0.4 is 5.32 Å². The molecule has 19 heavy (non-hydrogen) atoms. The van der Waals surface area contributed by atoms with E-state index >= 15 is 0 Å². The van der Waals surface area contributed by atoms with Gasteiger partial charge in [0.2, 0.25) is 5.91 Å². The number of benzene rings is 1. The van der Waals surface area contributed by atoms with Gasteiger partial charge in [-0.3, -0.25) is 9.89 Å². The second-order valence-electron chi connectivity index (χ2n) is 4.06. The number of carbonyl (C=O) groups is 1. The molecular weight excluding hydrogens is 269 g/mol. The van der Waals surface area contributed by atoms with Crippen molar-refractivity contribution in [2.75, 3.05) is 5.32 Å². The van der Waals surface area contributed by atoms with Crippen LogP contribution in [0.3, 0.4) is 0 Å². The predicted octanol–water partition coefficient (Wildman–Crippen LogP) is 2.95. The van der Waals surface area contributed by atoms with Crippen LogP contribution in [0.25, 0.3) is 0 Å². The number of aromatic amines is 1. The molecule has 1 amide bonds. The van der Waals surface area contributed by atoms with Crippen molar-refractivity contribution in [3.05, 3.63) is 46.4 Å². The highest BCUT2D eigenvalue weighted by molar-refractivity contribution is 6.31. The van der Waals surface area contributed by atoms with Crippen molar-refractivity contribution in [2.24, 2.45) is 0 Å². The number of nitrogens with zero attached hydrogens (tertiary/aromatic N) is 1. The largest absolute Gasteiger partial charge is 0.309 e. The number of aryl methyl sites for hydroxylation is 1. The third-order valence-electron chi connectivity index (χ3n) is 2.68. The van der Waals surface area contributed by atoms with E-state index in [9.17, 15) is 9.18 Å². The molecule has 1 heterocycles. The fourth-order valence-corrected chi connectivity index (χ4v) is 1.89. The Kier molecular flexibility index (Phi) is 4.16. The minimum Gasteiger partial charge on any atom is -0.309 e. The third-order valence-corrected chi connectivity index (χ3v) is 3.03.